The number of rotatable bonds is 6. The molecule has 28 heavy (non-hydrogen) atoms. The van der Waals surface area contributed by atoms with Gasteiger partial charge in [0.1, 0.15) is 11.6 Å². The lowest BCUT2D eigenvalue weighted by Crippen LogP contribution is -2.21. The van der Waals surface area contributed by atoms with Gasteiger partial charge in [-0.3, -0.25) is 4.79 Å². The van der Waals surface area contributed by atoms with Gasteiger partial charge in [-0.05, 0) is 63.3 Å². The fraction of sp³-hybridized carbons (Fsp3) is 0.450. The van der Waals surface area contributed by atoms with Crippen LogP contribution in [0.5, 0.6) is 5.75 Å². The minimum Gasteiger partial charge on any atom is -0.491 e. The molecule has 2 aromatic heterocycles. The van der Waals surface area contributed by atoms with Gasteiger partial charge in [0.25, 0.3) is 0 Å². The molecule has 2 atom stereocenters. The molecular formula is C20H24N6O2. The molecule has 3 aromatic rings. The van der Waals surface area contributed by atoms with Crippen LogP contribution in [0.1, 0.15) is 38.9 Å². The van der Waals surface area contributed by atoms with E-state index in [0.717, 1.165) is 42.9 Å². The topological polar surface area (TPSA) is 109 Å². The van der Waals surface area contributed by atoms with E-state index < -0.39 is 0 Å². The smallest absolute Gasteiger partial charge is 0.220 e. The predicted octanol–water partition coefficient (Wildman–Crippen LogP) is 2.44. The van der Waals surface area contributed by atoms with E-state index in [0.29, 0.717) is 17.1 Å². The van der Waals surface area contributed by atoms with E-state index in [1.54, 1.807) is 10.9 Å². The molecule has 1 saturated carbocycles. The second-order valence-corrected chi connectivity index (χ2v) is 7.64. The summed E-state index contributed by atoms with van der Waals surface area (Å²) >= 11 is 0. The van der Waals surface area contributed by atoms with Gasteiger partial charge in [-0.25, -0.2) is 9.97 Å². The maximum Gasteiger partial charge on any atom is 0.220 e. The number of fused-ring (bicyclic) bond motifs is 1. The number of ether oxygens (including phenoxy) is 1. The lowest BCUT2D eigenvalue weighted by atomic mass is 10.0. The maximum atomic E-state index is 11.4. The second kappa shape index (κ2) is 7.53. The summed E-state index contributed by atoms with van der Waals surface area (Å²) in [4.78, 5) is 20.5. The molecule has 1 aliphatic carbocycles. The van der Waals surface area contributed by atoms with Crippen molar-refractivity contribution in [2.75, 3.05) is 0 Å². The van der Waals surface area contributed by atoms with E-state index >= 15 is 0 Å². The van der Waals surface area contributed by atoms with Crippen LogP contribution in [0.4, 0.5) is 0 Å². The first-order valence-electron chi connectivity index (χ1n) is 9.63. The van der Waals surface area contributed by atoms with Gasteiger partial charge in [-0.2, -0.15) is 4.68 Å². The lowest BCUT2D eigenvalue weighted by molar-refractivity contribution is -0.121. The van der Waals surface area contributed by atoms with Crippen molar-refractivity contribution >= 4 is 17.1 Å². The predicted molar refractivity (Wildman–Crippen MR) is 104 cm³/mol. The van der Waals surface area contributed by atoms with E-state index in [-0.39, 0.29) is 17.9 Å². The third-order valence-electron chi connectivity index (χ3n) is 5.11. The number of primary amides is 1. The van der Waals surface area contributed by atoms with Crippen molar-refractivity contribution in [3.05, 3.63) is 36.3 Å². The van der Waals surface area contributed by atoms with Crippen molar-refractivity contribution in [2.24, 2.45) is 17.6 Å². The summed E-state index contributed by atoms with van der Waals surface area (Å²) in [7, 11) is 0. The van der Waals surface area contributed by atoms with Gasteiger partial charge in [0.05, 0.1) is 18.0 Å². The summed E-state index contributed by atoms with van der Waals surface area (Å²) in [6.45, 7) is 3.99. The van der Waals surface area contributed by atoms with Crippen LogP contribution in [0.3, 0.4) is 0 Å². The molecule has 1 aromatic carbocycles. The maximum absolute atomic E-state index is 11.4. The van der Waals surface area contributed by atoms with Crippen molar-refractivity contribution in [3.8, 4) is 11.4 Å². The zero-order valence-corrected chi connectivity index (χ0v) is 16.1. The Morgan fingerprint density at radius 2 is 2.07 bits per heavy atom. The van der Waals surface area contributed by atoms with Crippen LogP contribution in [-0.4, -0.2) is 37.0 Å². The van der Waals surface area contributed by atoms with Crippen LogP contribution >= 0.6 is 0 Å². The third kappa shape index (κ3) is 3.81. The summed E-state index contributed by atoms with van der Waals surface area (Å²) in [5.41, 5.74) is 7.61. The van der Waals surface area contributed by atoms with E-state index in [1.807, 2.05) is 38.1 Å². The molecule has 146 valence electrons. The van der Waals surface area contributed by atoms with Gasteiger partial charge < -0.3 is 10.5 Å². The fourth-order valence-electron chi connectivity index (χ4n) is 3.75. The van der Waals surface area contributed by atoms with Crippen LogP contribution < -0.4 is 10.5 Å². The molecule has 1 amide bonds. The van der Waals surface area contributed by atoms with E-state index in [4.69, 9.17) is 15.5 Å². The number of aromatic nitrogens is 5. The van der Waals surface area contributed by atoms with Crippen LogP contribution in [0.15, 0.2) is 30.5 Å². The molecule has 8 nitrogen and oxygen atoms in total. The van der Waals surface area contributed by atoms with Crippen molar-refractivity contribution in [1.82, 2.24) is 25.0 Å². The summed E-state index contributed by atoms with van der Waals surface area (Å²) in [6.07, 6.45) is 5.20. The number of nitrogens with two attached hydrogens (primary N) is 1. The fourth-order valence-corrected chi connectivity index (χ4v) is 3.75. The van der Waals surface area contributed by atoms with E-state index in [2.05, 4.69) is 15.3 Å². The highest BCUT2D eigenvalue weighted by atomic mass is 16.5. The molecule has 4 rings (SSSR count). The summed E-state index contributed by atoms with van der Waals surface area (Å²) < 4.78 is 7.40. The zero-order valence-electron chi connectivity index (χ0n) is 16.1. The molecule has 0 radical (unpaired) electrons. The highest BCUT2D eigenvalue weighted by Crippen LogP contribution is 2.32. The number of amides is 1. The highest BCUT2D eigenvalue weighted by Gasteiger charge is 2.29. The minimum atomic E-state index is -0.203. The Hall–Kier alpha value is -3.03. The van der Waals surface area contributed by atoms with E-state index in [9.17, 15) is 4.79 Å². The molecule has 0 spiro atoms. The first-order valence-corrected chi connectivity index (χ1v) is 9.63. The number of nitrogens with zero attached hydrogens (tertiary/aromatic N) is 5. The first-order chi connectivity index (χ1) is 13.5. The van der Waals surface area contributed by atoms with Gasteiger partial charge in [0, 0.05) is 12.3 Å². The van der Waals surface area contributed by atoms with Crippen LogP contribution in [0.2, 0.25) is 0 Å². The van der Waals surface area contributed by atoms with Gasteiger partial charge in [0.15, 0.2) is 11.2 Å². The molecule has 1 aliphatic rings. The molecule has 0 bridgehead atoms. The van der Waals surface area contributed by atoms with Crippen LogP contribution in [0.25, 0.3) is 16.9 Å². The second-order valence-electron chi connectivity index (χ2n) is 7.64. The zero-order chi connectivity index (χ0) is 19.7. The average Bonchev–Trinajstić information content (AvgIpc) is 3.29. The Bertz CT molecular complexity index is 982. The Labute approximate surface area is 163 Å². The summed E-state index contributed by atoms with van der Waals surface area (Å²) in [5, 5.41) is 8.40. The molecule has 1 fully saturated rings. The normalized spacial score (nSPS) is 19.4. The molecule has 2 N–H and O–H groups in total. The van der Waals surface area contributed by atoms with Crippen molar-refractivity contribution < 1.29 is 9.53 Å². The Kier molecular flexibility index (Phi) is 4.93. The van der Waals surface area contributed by atoms with Crippen LogP contribution in [0, 0.1) is 11.8 Å². The monoisotopic (exact) mass is 380 g/mol. The number of hydrogen-bond donors (Lipinski definition) is 1. The molecule has 0 saturated heterocycles. The van der Waals surface area contributed by atoms with E-state index in [1.165, 1.54) is 0 Å². The molecule has 0 aliphatic heterocycles. The van der Waals surface area contributed by atoms with Gasteiger partial charge >= 0.3 is 0 Å². The third-order valence-corrected chi connectivity index (χ3v) is 5.11. The largest absolute Gasteiger partial charge is 0.491 e. The van der Waals surface area contributed by atoms with Crippen molar-refractivity contribution in [1.29, 1.82) is 0 Å². The Morgan fingerprint density at radius 1 is 1.29 bits per heavy atom. The van der Waals surface area contributed by atoms with Gasteiger partial charge in [0.2, 0.25) is 5.91 Å². The number of hydrogen-bond acceptors (Lipinski definition) is 6. The van der Waals surface area contributed by atoms with Gasteiger partial charge in [-0.1, -0.05) is 5.21 Å². The number of carbonyl (C=O) groups is 1. The van der Waals surface area contributed by atoms with Crippen molar-refractivity contribution in [3.63, 3.8) is 0 Å². The summed E-state index contributed by atoms with van der Waals surface area (Å²) in [5.74, 6) is 1.71. The lowest BCUT2D eigenvalue weighted by Gasteiger charge is -2.10. The Balaban J connectivity index is 1.56. The number of benzene rings is 1. The highest BCUT2D eigenvalue weighted by molar-refractivity contribution is 5.76. The van der Waals surface area contributed by atoms with Gasteiger partial charge in [-0.15, -0.1) is 5.10 Å². The average molecular weight is 380 g/mol. The molecular weight excluding hydrogens is 356 g/mol. The van der Waals surface area contributed by atoms with Crippen molar-refractivity contribution in [2.45, 2.75) is 45.6 Å². The standard InChI is InChI=1S/C20H24N6O2/c1-12(2)28-16-7-5-15(6-8-16)26-20-17(24-25-26)11-22-18(23-20)10-13-3-4-14(9-13)19(21)27/h5-8,11-14H,3-4,9-10H2,1-2H3,(H2,21,27)/t13-,14-/m1/s1. The molecule has 0 unspecified atom stereocenters. The Morgan fingerprint density at radius 3 is 2.75 bits per heavy atom. The first kappa shape index (κ1) is 18.3. The van der Waals surface area contributed by atoms with Crippen LogP contribution in [-0.2, 0) is 11.2 Å². The SMILES string of the molecule is CC(C)Oc1ccc(-n2nnc3cnc(C[C@@H]4CC[C@@H](C(N)=O)C4)nc32)cc1. The number of carbonyl (C=O) groups excluding carboxylic acids is 1. The molecule has 2 heterocycles. The molecule has 8 heteroatoms. The minimum absolute atomic E-state index is 0.0208. The summed E-state index contributed by atoms with van der Waals surface area (Å²) in [6, 6.07) is 7.69. The quantitative estimate of drug-likeness (QED) is 0.703.